The molecule has 0 radical (unpaired) electrons. The normalized spacial score (nSPS) is 11.8. The molecule has 1 atom stereocenters. The highest BCUT2D eigenvalue weighted by atomic mass is 16.6. The number of benzene rings is 1. The zero-order valence-electron chi connectivity index (χ0n) is 12.4. The van der Waals surface area contributed by atoms with Crippen molar-refractivity contribution in [1.82, 2.24) is 5.32 Å². The summed E-state index contributed by atoms with van der Waals surface area (Å²) < 4.78 is 10.4. The van der Waals surface area contributed by atoms with Crippen LogP contribution in [0.15, 0.2) is 18.2 Å². The molecule has 0 saturated carbocycles. The summed E-state index contributed by atoms with van der Waals surface area (Å²) in [7, 11) is 0. The quantitative estimate of drug-likeness (QED) is 0.447. The van der Waals surface area contributed by atoms with Crippen LogP contribution < -0.4 is 10.1 Å². The monoisotopic (exact) mass is 296 g/mol. The van der Waals surface area contributed by atoms with Gasteiger partial charge in [0.05, 0.1) is 11.5 Å². The maximum Gasteiger partial charge on any atom is 0.326 e. The molecule has 0 aromatic heterocycles. The van der Waals surface area contributed by atoms with E-state index in [-0.39, 0.29) is 24.7 Å². The van der Waals surface area contributed by atoms with Gasteiger partial charge in [-0.05, 0) is 26.0 Å². The Morgan fingerprint density at radius 2 is 2.14 bits per heavy atom. The molecule has 1 aromatic carbocycles. The van der Waals surface area contributed by atoms with Gasteiger partial charge >= 0.3 is 11.7 Å². The second-order valence-corrected chi connectivity index (χ2v) is 4.35. The van der Waals surface area contributed by atoms with Gasteiger partial charge in [-0.15, -0.1) is 0 Å². The topological polar surface area (TPSA) is 90.7 Å². The number of nitro groups is 1. The van der Waals surface area contributed by atoms with E-state index in [9.17, 15) is 14.9 Å². The van der Waals surface area contributed by atoms with Gasteiger partial charge in [-0.3, -0.25) is 14.9 Å². The minimum atomic E-state index is -0.658. The molecule has 0 saturated heterocycles. The molecule has 0 fully saturated rings. The van der Waals surface area contributed by atoms with Gasteiger partial charge in [-0.1, -0.05) is 19.1 Å². The lowest BCUT2D eigenvalue weighted by atomic mass is 10.2. The van der Waals surface area contributed by atoms with Crippen LogP contribution in [0, 0.1) is 17.0 Å². The molecule has 1 unspecified atom stereocenters. The lowest BCUT2D eigenvalue weighted by Gasteiger charge is -2.17. The van der Waals surface area contributed by atoms with Gasteiger partial charge in [0.15, 0.2) is 5.75 Å². The Hall–Kier alpha value is -2.15. The van der Waals surface area contributed by atoms with E-state index in [1.165, 1.54) is 6.07 Å². The predicted octanol–water partition coefficient (Wildman–Crippen LogP) is 1.82. The fraction of sp³-hybridized carbons (Fsp3) is 0.500. The van der Waals surface area contributed by atoms with Crippen molar-refractivity contribution < 1.29 is 19.2 Å². The van der Waals surface area contributed by atoms with Gasteiger partial charge in [0.1, 0.15) is 12.6 Å². The van der Waals surface area contributed by atoms with E-state index in [1.54, 1.807) is 26.0 Å². The fourth-order valence-electron chi connectivity index (χ4n) is 1.83. The summed E-state index contributed by atoms with van der Waals surface area (Å²) in [5.41, 5.74) is 0.525. The van der Waals surface area contributed by atoms with Crippen LogP contribution in [0.3, 0.4) is 0 Å². The lowest BCUT2D eigenvalue weighted by molar-refractivity contribution is -0.385. The number of rotatable bonds is 8. The third-order valence-electron chi connectivity index (χ3n) is 2.80. The van der Waals surface area contributed by atoms with Gasteiger partial charge < -0.3 is 14.8 Å². The van der Waals surface area contributed by atoms with E-state index in [0.717, 1.165) is 0 Å². The van der Waals surface area contributed by atoms with E-state index in [0.29, 0.717) is 12.1 Å². The van der Waals surface area contributed by atoms with Crippen molar-refractivity contribution in [2.75, 3.05) is 19.8 Å². The highest BCUT2D eigenvalue weighted by molar-refractivity contribution is 5.76. The van der Waals surface area contributed by atoms with E-state index >= 15 is 0 Å². The SMILES string of the molecule is CCNC(COc1c(C)cccc1[N+](=O)[O-])C(=O)OCC. The zero-order chi connectivity index (χ0) is 15.8. The number of esters is 1. The van der Waals surface area contributed by atoms with E-state index in [4.69, 9.17) is 9.47 Å². The second-order valence-electron chi connectivity index (χ2n) is 4.35. The largest absolute Gasteiger partial charge is 0.484 e. The summed E-state index contributed by atoms with van der Waals surface area (Å²) in [6.45, 7) is 6.08. The Bertz CT molecular complexity index is 504. The summed E-state index contributed by atoms with van der Waals surface area (Å²) >= 11 is 0. The van der Waals surface area contributed by atoms with E-state index in [2.05, 4.69) is 5.32 Å². The number of carbonyl (C=O) groups is 1. The first-order valence-electron chi connectivity index (χ1n) is 6.78. The first-order chi connectivity index (χ1) is 10.0. The number of para-hydroxylation sites is 1. The Labute approximate surface area is 123 Å². The number of hydrogen-bond acceptors (Lipinski definition) is 6. The Morgan fingerprint density at radius 3 is 2.71 bits per heavy atom. The van der Waals surface area contributed by atoms with Gasteiger partial charge in [0.2, 0.25) is 0 Å². The number of ether oxygens (including phenoxy) is 2. The van der Waals surface area contributed by atoms with Crippen LogP contribution in [0.4, 0.5) is 5.69 Å². The second kappa shape index (κ2) is 8.21. The van der Waals surface area contributed by atoms with Crippen molar-refractivity contribution in [3.8, 4) is 5.75 Å². The molecule has 1 rings (SSSR count). The summed E-state index contributed by atoms with van der Waals surface area (Å²) in [4.78, 5) is 22.3. The molecule has 116 valence electrons. The maximum absolute atomic E-state index is 11.8. The van der Waals surface area contributed by atoms with Gasteiger partial charge in [0.25, 0.3) is 0 Å². The standard InChI is InChI=1S/C14H20N2O5/c1-4-15-11(14(17)20-5-2)9-21-13-10(3)7-6-8-12(13)16(18)19/h6-8,11,15H,4-5,9H2,1-3H3. The molecule has 0 spiro atoms. The minimum Gasteiger partial charge on any atom is -0.484 e. The van der Waals surface area contributed by atoms with Crippen LogP contribution in [0.25, 0.3) is 0 Å². The highest BCUT2D eigenvalue weighted by Crippen LogP contribution is 2.30. The molecular formula is C14H20N2O5. The Kier molecular flexibility index (Phi) is 6.61. The van der Waals surface area contributed by atoms with Crippen LogP contribution >= 0.6 is 0 Å². The molecule has 0 amide bonds. The fourth-order valence-corrected chi connectivity index (χ4v) is 1.83. The number of carbonyl (C=O) groups excluding carboxylic acids is 1. The molecule has 0 aliphatic rings. The van der Waals surface area contributed by atoms with Crippen molar-refractivity contribution >= 4 is 11.7 Å². The van der Waals surface area contributed by atoms with E-state index < -0.39 is 16.9 Å². The molecule has 0 aliphatic carbocycles. The summed E-state index contributed by atoms with van der Waals surface area (Å²) in [6.07, 6.45) is 0. The van der Waals surface area contributed by atoms with E-state index in [1.807, 2.05) is 6.92 Å². The molecule has 7 heteroatoms. The average molecular weight is 296 g/mol. The number of aryl methyl sites for hydroxylation is 1. The molecule has 7 nitrogen and oxygen atoms in total. The van der Waals surface area contributed by atoms with Gasteiger partial charge in [-0.2, -0.15) is 0 Å². The number of hydrogen-bond donors (Lipinski definition) is 1. The number of likely N-dealkylation sites (N-methyl/N-ethyl adjacent to an activating group) is 1. The number of nitrogens with zero attached hydrogens (tertiary/aromatic N) is 1. The van der Waals surface area contributed by atoms with Crippen molar-refractivity contribution in [3.63, 3.8) is 0 Å². The number of nitro benzene ring substituents is 1. The minimum absolute atomic E-state index is 0.0294. The predicted molar refractivity (Wildman–Crippen MR) is 77.4 cm³/mol. The molecule has 0 aliphatic heterocycles. The van der Waals surface area contributed by atoms with Gasteiger partial charge in [-0.25, -0.2) is 0 Å². The van der Waals surface area contributed by atoms with Gasteiger partial charge in [0, 0.05) is 6.07 Å². The van der Waals surface area contributed by atoms with Crippen LogP contribution in [-0.4, -0.2) is 36.7 Å². The highest BCUT2D eigenvalue weighted by Gasteiger charge is 2.23. The molecule has 0 heterocycles. The summed E-state index contributed by atoms with van der Waals surface area (Å²) in [5.74, 6) is -0.259. The molecule has 1 N–H and O–H groups in total. The molecule has 1 aromatic rings. The Morgan fingerprint density at radius 1 is 1.43 bits per heavy atom. The maximum atomic E-state index is 11.8. The van der Waals surface area contributed by atoms with Crippen molar-refractivity contribution in [1.29, 1.82) is 0 Å². The average Bonchev–Trinajstić information content (AvgIpc) is 2.44. The number of nitrogens with one attached hydrogen (secondary N) is 1. The van der Waals surface area contributed by atoms with Crippen LogP contribution in [0.1, 0.15) is 19.4 Å². The molecule has 21 heavy (non-hydrogen) atoms. The third-order valence-corrected chi connectivity index (χ3v) is 2.80. The first kappa shape index (κ1) is 16.9. The summed E-state index contributed by atoms with van der Waals surface area (Å²) in [5, 5.41) is 13.9. The third kappa shape index (κ3) is 4.71. The lowest BCUT2D eigenvalue weighted by Crippen LogP contribution is -2.42. The van der Waals surface area contributed by atoms with Crippen molar-refractivity contribution in [2.24, 2.45) is 0 Å². The smallest absolute Gasteiger partial charge is 0.326 e. The molecular weight excluding hydrogens is 276 g/mol. The zero-order valence-corrected chi connectivity index (χ0v) is 12.4. The van der Waals surface area contributed by atoms with Crippen molar-refractivity contribution in [2.45, 2.75) is 26.8 Å². The van der Waals surface area contributed by atoms with Crippen LogP contribution in [0.5, 0.6) is 5.75 Å². The van der Waals surface area contributed by atoms with Crippen LogP contribution in [0.2, 0.25) is 0 Å². The van der Waals surface area contributed by atoms with Crippen molar-refractivity contribution in [3.05, 3.63) is 33.9 Å². The summed E-state index contributed by atoms with van der Waals surface area (Å²) in [6, 6.07) is 4.02. The Balaban J connectivity index is 2.85. The molecule has 0 bridgehead atoms. The first-order valence-corrected chi connectivity index (χ1v) is 6.78. The van der Waals surface area contributed by atoms with Crippen LogP contribution in [-0.2, 0) is 9.53 Å².